The van der Waals surface area contributed by atoms with E-state index in [-0.39, 0.29) is 0 Å². The summed E-state index contributed by atoms with van der Waals surface area (Å²) in [5.41, 5.74) is 4.03. The Morgan fingerprint density at radius 2 is 2.00 bits per heavy atom. The van der Waals surface area contributed by atoms with Crippen molar-refractivity contribution < 1.29 is 19.8 Å². The molecule has 12 heavy (non-hydrogen) atoms. The fourth-order valence-corrected chi connectivity index (χ4v) is 1.29. The molecule has 2 unspecified atom stereocenters. The second-order valence-corrected chi connectivity index (χ2v) is 3.37. The van der Waals surface area contributed by atoms with Crippen LogP contribution in [0.25, 0.3) is 0 Å². The lowest BCUT2D eigenvalue weighted by Gasteiger charge is -2.18. The summed E-state index contributed by atoms with van der Waals surface area (Å²) < 4.78 is 0. The number of carbonyl (C=O) groups is 2. The van der Waals surface area contributed by atoms with Crippen LogP contribution >= 0.6 is 0 Å². The minimum absolute atomic E-state index is 0.370. The van der Waals surface area contributed by atoms with Gasteiger partial charge in [0.1, 0.15) is 5.54 Å². The molecule has 0 amide bonds. The van der Waals surface area contributed by atoms with Gasteiger partial charge in [-0.25, -0.2) is 0 Å². The minimum atomic E-state index is -1.40. The molecule has 0 aromatic carbocycles. The fraction of sp³-hybridized carbons (Fsp3) is 0.714. The molecule has 1 rings (SSSR count). The van der Waals surface area contributed by atoms with Crippen molar-refractivity contribution >= 4 is 11.9 Å². The van der Waals surface area contributed by atoms with Gasteiger partial charge in [-0.1, -0.05) is 0 Å². The van der Waals surface area contributed by atoms with Gasteiger partial charge < -0.3 is 15.9 Å². The van der Waals surface area contributed by atoms with Crippen LogP contribution in [0.5, 0.6) is 0 Å². The normalized spacial score (nSPS) is 32.2. The van der Waals surface area contributed by atoms with Crippen LogP contribution in [0.1, 0.15) is 13.3 Å². The number of rotatable bonds is 3. The number of carboxylic acid groups (broad SMARTS) is 2. The van der Waals surface area contributed by atoms with Crippen LogP contribution in [0.2, 0.25) is 0 Å². The van der Waals surface area contributed by atoms with Crippen LogP contribution in [0, 0.1) is 11.8 Å². The first-order chi connectivity index (χ1) is 5.37. The lowest BCUT2D eigenvalue weighted by molar-refractivity contribution is -0.144. The topological polar surface area (TPSA) is 101 Å². The molecule has 5 heteroatoms. The Labute approximate surface area is 69.2 Å². The second kappa shape index (κ2) is 2.45. The highest BCUT2D eigenvalue weighted by atomic mass is 16.4. The van der Waals surface area contributed by atoms with Crippen LogP contribution in [0.15, 0.2) is 0 Å². The van der Waals surface area contributed by atoms with Gasteiger partial charge in [0.25, 0.3) is 0 Å². The molecule has 1 fully saturated rings. The summed E-state index contributed by atoms with van der Waals surface area (Å²) in [5.74, 6) is -3.10. The first-order valence-corrected chi connectivity index (χ1v) is 3.62. The number of carboxylic acids is 2. The smallest absolute Gasteiger partial charge is 0.323 e. The average Bonchev–Trinajstić information content (AvgIpc) is 2.63. The van der Waals surface area contributed by atoms with E-state index >= 15 is 0 Å². The van der Waals surface area contributed by atoms with Crippen molar-refractivity contribution in [2.45, 2.75) is 18.9 Å². The van der Waals surface area contributed by atoms with Gasteiger partial charge in [-0.2, -0.15) is 0 Å². The summed E-state index contributed by atoms with van der Waals surface area (Å²) in [7, 11) is 0. The summed E-state index contributed by atoms with van der Waals surface area (Å²) in [4.78, 5) is 20.9. The zero-order chi connectivity index (χ0) is 9.52. The van der Waals surface area contributed by atoms with Gasteiger partial charge in [-0.05, 0) is 13.3 Å². The van der Waals surface area contributed by atoms with Crippen molar-refractivity contribution in [3.8, 4) is 0 Å². The van der Waals surface area contributed by atoms with Crippen LogP contribution in [0.4, 0.5) is 0 Å². The summed E-state index contributed by atoms with van der Waals surface area (Å²) in [5, 5.41) is 17.2. The number of aliphatic carboxylic acids is 2. The van der Waals surface area contributed by atoms with Gasteiger partial charge in [0, 0.05) is 5.92 Å². The molecule has 0 aromatic heterocycles. The molecule has 0 bridgehead atoms. The van der Waals surface area contributed by atoms with Crippen molar-refractivity contribution in [3.63, 3.8) is 0 Å². The highest BCUT2D eigenvalue weighted by Gasteiger charge is 2.55. The molecule has 1 aliphatic rings. The van der Waals surface area contributed by atoms with Crippen LogP contribution in [-0.2, 0) is 9.59 Å². The molecule has 1 aliphatic carbocycles. The summed E-state index contributed by atoms with van der Waals surface area (Å²) in [6.45, 7) is 1.35. The molecule has 68 valence electrons. The third kappa shape index (κ3) is 1.27. The van der Waals surface area contributed by atoms with Gasteiger partial charge in [-0.15, -0.1) is 0 Å². The van der Waals surface area contributed by atoms with Crippen molar-refractivity contribution in [1.82, 2.24) is 0 Å². The molecular weight excluding hydrogens is 162 g/mol. The van der Waals surface area contributed by atoms with Crippen LogP contribution in [-0.4, -0.2) is 27.7 Å². The van der Waals surface area contributed by atoms with E-state index in [1.165, 1.54) is 6.92 Å². The molecule has 0 saturated heterocycles. The first kappa shape index (κ1) is 8.99. The number of nitrogens with two attached hydrogens (primary N) is 1. The predicted molar refractivity (Wildman–Crippen MR) is 39.5 cm³/mol. The van der Waals surface area contributed by atoms with Crippen molar-refractivity contribution in [2.75, 3.05) is 0 Å². The Kier molecular flexibility index (Phi) is 1.83. The lowest BCUT2D eigenvalue weighted by Crippen LogP contribution is -2.47. The van der Waals surface area contributed by atoms with Crippen molar-refractivity contribution in [1.29, 1.82) is 0 Å². The van der Waals surface area contributed by atoms with Gasteiger partial charge in [-0.3, -0.25) is 9.59 Å². The van der Waals surface area contributed by atoms with E-state index in [0.717, 1.165) is 0 Å². The van der Waals surface area contributed by atoms with E-state index in [1.54, 1.807) is 0 Å². The summed E-state index contributed by atoms with van der Waals surface area (Å²) in [6.07, 6.45) is 0.370. The standard InChI is InChI=1S/C7H11NO4/c1-7(8,6(11)12)4-2-3(4)5(9)10/h3-4H,2,8H2,1H3,(H,9,10)(H,11,12)/t3?,4?,7-/m0/s1. The zero-order valence-corrected chi connectivity index (χ0v) is 6.65. The first-order valence-electron chi connectivity index (χ1n) is 3.62. The average molecular weight is 173 g/mol. The van der Waals surface area contributed by atoms with Gasteiger partial charge in [0.15, 0.2) is 0 Å². The van der Waals surface area contributed by atoms with E-state index in [2.05, 4.69) is 0 Å². The molecule has 4 N–H and O–H groups in total. The van der Waals surface area contributed by atoms with Gasteiger partial charge in [0.2, 0.25) is 0 Å². The minimum Gasteiger partial charge on any atom is -0.481 e. The molecule has 0 heterocycles. The molecule has 0 aromatic rings. The van der Waals surface area contributed by atoms with E-state index in [0.29, 0.717) is 6.42 Å². The lowest BCUT2D eigenvalue weighted by atomic mass is 9.96. The molecule has 3 atom stereocenters. The highest BCUT2D eigenvalue weighted by Crippen LogP contribution is 2.45. The molecule has 1 saturated carbocycles. The predicted octanol–water partition coefficient (Wildman–Crippen LogP) is -0.491. The Morgan fingerprint density at radius 1 is 1.50 bits per heavy atom. The van der Waals surface area contributed by atoms with E-state index in [4.69, 9.17) is 15.9 Å². The number of hydrogen-bond donors (Lipinski definition) is 3. The summed E-state index contributed by atoms with van der Waals surface area (Å²) >= 11 is 0. The Hall–Kier alpha value is -1.10. The molecule has 5 nitrogen and oxygen atoms in total. The third-order valence-corrected chi connectivity index (χ3v) is 2.34. The van der Waals surface area contributed by atoms with Gasteiger partial charge >= 0.3 is 11.9 Å². The molecule has 0 spiro atoms. The molecule has 0 aliphatic heterocycles. The largest absolute Gasteiger partial charge is 0.481 e. The Balaban J connectivity index is 2.64. The zero-order valence-electron chi connectivity index (χ0n) is 6.65. The highest BCUT2D eigenvalue weighted by molar-refractivity contribution is 5.82. The molecule has 0 radical (unpaired) electrons. The SMILES string of the molecule is C[C@@](N)(C(=O)O)C1CC1C(=O)O. The molecular formula is C7H11NO4. The van der Waals surface area contributed by atoms with Gasteiger partial charge in [0.05, 0.1) is 5.92 Å². The monoisotopic (exact) mass is 173 g/mol. The van der Waals surface area contributed by atoms with Crippen LogP contribution < -0.4 is 5.73 Å². The third-order valence-electron chi connectivity index (χ3n) is 2.34. The van der Waals surface area contributed by atoms with E-state index in [9.17, 15) is 9.59 Å². The van der Waals surface area contributed by atoms with Crippen molar-refractivity contribution in [3.05, 3.63) is 0 Å². The van der Waals surface area contributed by atoms with E-state index in [1.807, 2.05) is 0 Å². The fourth-order valence-electron chi connectivity index (χ4n) is 1.29. The Bertz CT molecular complexity index is 236. The van der Waals surface area contributed by atoms with Crippen LogP contribution in [0.3, 0.4) is 0 Å². The maximum absolute atomic E-state index is 10.6. The van der Waals surface area contributed by atoms with Crippen molar-refractivity contribution in [2.24, 2.45) is 17.6 Å². The quantitative estimate of drug-likeness (QED) is 0.534. The van der Waals surface area contributed by atoms with E-state index < -0.39 is 29.3 Å². The number of hydrogen-bond acceptors (Lipinski definition) is 3. The Morgan fingerprint density at radius 3 is 2.25 bits per heavy atom. The second-order valence-electron chi connectivity index (χ2n) is 3.37. The maximum atomic E-state index is 10.6. The maximum Gasteiger partial charge on any atom is 0.323 e. The summed E-state index contributed by atoms with van der Waals surface area (Å²) in [6, 6.07) is 0.